The number of ether oxygens (including phenoxy) is 1. The lowest BCUT2D eigenvalue weighted by molar-refractivity contribution is -0.124. The van der Waals surface area contributed by atoms with Gasteiger partial charge in [0.25, 0.3) is 5.91 Å². The van der Waals surface area contributed by atoms with Gasteiger partial charge in [0.1, 0.15) is 5.75 Å². The first kappa shape index (κ1) is 16.2. The summed E-state index contributed by atoms with van der Waals surface area (Å²) in [5, 5.41) is 2.90. The highest BCUT2D eigenvalue weighted by atomic mass is 16.5. The number of amides is 1. The van der Waals surface area contributed by atoms with E-state index in [0.717, 1.165) is 0 Å². The number of Topliss-reactive ketones (excluding diaryl/α,β-unsaturated/α-hetero) is 1. The van der Waals surface area contributed by atoms with E-state index in [1.807, 2.05) is 6.92 Å². The van der Waals surface area contributed by atoms with Gasteiger partial charge in [-0.3, -0.25) is 9.59 Å². The lowest BCUT2D eigenvalue weighted by Crippen LogP contribution is -2.43. The Labute approximate surface area is 120 Å². The minimum absolute atomic E-state index is 0.00417. The van der Waals surface area contributed by atoms with Gasteiger partial charge in [0.2, 0.25) is 0 Å². The predicted octanol–water partition coefficient (Wildman–Crippen LogP) is 2.82. The molecule has 0 radical (unpaired) electrons. The normalized spacial score (nSPS) is 12.7. The van der Waals surface area contributed by atoms with Crippen LogP contribution in [0.25, 0.3) is 0 Å². The van der Waals surface area contributed by atoms with E-state index in [1.165, 1.54) is 6.92 Å². The molecule has 0 heterocycles. The number of rotatable bonds is 5. The van der Waals surface area contributed by atoms with Crippen LogP contribution >= 0.6 is 0 Å². The monoisotopic (exact) mass is 277 g/mol. The molecule has 0 bridgehead atoms. The molecule has 1 aromatic rings. The number of nitrogens with one attached hydrogen (secondary N) is 1. The molecule has 20 heavy (non-hydrogen) atoms. The summed E-state index contributed by atoms with van der Waals surface area (Å²) in [6, 6.07) is 6.89. The Balaban J connectivity index is 2.53. The van der Waals surface area contributed by atoms with Gasteiger partial charge >= 0.3 is 0 Å². The smallest absolute Gasteiger partial charge is 0.258 e. The fourth-order valence-corrected chi connectivity index (χ4v) is 1.45. The van der Waals surface area contributed by atoms with Crippen molar-refractivity contribution in [3.05, 3.63) is 29.8 Å². The highest BCUT2D eigenvalue weighted by Crippen LogP contribution is 2.18. The second kappa shape index (κ2) is 6.55. The molecule has 0 fully saturated rings. The molecule has 1 N–H and O–H groups in total. The Morgan fingerprint density at radius 2 is 1.95 bits per heavy atom. The van der Waals surface area contributed by atoms with Gasteiger partial charge in [0.05, 0.1) is 0 Å². The summed E-state index contributed by atoms with van der Waals surface area (Å²) in [7, 11) is 0. The first-order valence-corrected chi connectivity index (χ1v) is 6.73. The van der Waals surface area contributed by atoms with Crippen molar-refractivity contribution >= 4 is 11.7 Å². The van der Waals surface area contributed by atoms with E-state index in [-0.39, 0.29) is 29.8 Å². The third kappa shape index (κ3) is 5.03. The summed E-state index contributed by atoms with van der Waals surface area (Å²) < 4.78 is 5.41. The van der Waals surface area contributed by atoms with Gasteiger partial charge in [-0.1, -0.05) is 32.9 Å². The second-order valence-electron chi connectivity index (χ2n) is 6.03. The number of benzene rings is 1. The molecule has 0 aliphatic rings. The summed E-state index contributed by atoms with van der Waals surface area (Å²) in [4.78, 5) is 23.0. The van der Waals surface area contributed by atoms with E-state index in [9.17, 15) is 9.59 Å². The van der Waals surface area contributed by atoms with E-state index in [2.05, 4.69) is 26.1 Å². The SMILES string of the molecule is CC(=O)c1cccc(OCC(=O)NC(C)C(C)(C)C)c1. The van der Waals surface area contributed by atoms with Gasteiger partial charge in [-0.25, -0.2) is 0 Å². The van der Waals surface area contributed by atoms with Crippen LogP contribution in [-0.2, 0) is 4.79 Å². The quantitative estimate of drug-likeness (QED) is 0.842. The molecular weight excluding hydrogens is 254 g/mol. The van der Waals surface area contributed by atoms with Crippen molar-refractivity contribution in [2.75, 3.05) is 6.61 Å². The molecule has 1 amide bonds. The molecule has 0 saturated heterocycles. The lowest BCUT2D eigenvalue weighted by atomic mass is 9.88. The van der Waals surface area contributed by atoms with Crippen molar-refractivity contribution in [2.24, 2.45) is 5.41 Å². The molecular formula is C16H23NO3. The number of carbonyl (C=O) groups excluding carboxylic acids is 2. The van der Waals surface area contributed by atoms with Crippen molar-refractivity contribution in [3.63, 3.8) is 0 Å². The maximum absolute atomic E-state index is 11.8. The Morgan fingerprint density at radius 3 is 2.50 bits per heavy atom. The molecule has 0 spiro atoms. The van der Waals surface area contributed by atoms with E-state index in [4.69, 9.17) is 4.74 Å². The Kier molecular flexibility index (Phi) is 5.31. The van der Waals surface area contributed by atoms with Crippen LogP contribution in [0.2, 0.25) is 0 Å². The van der Waals surface area contributed by atoms with Crippen molar-refractivity contribution in [1.29, 1.82) is 0 Å². The van der Waals surface area contributed by atoms with Crippen LogP contribution in [0, 0.1) is 5.41 Å². The minimum Gasteiger partial charge on any atom is -0.484 e. The van der Waals surface area contributed by atoms with Crippen molar-refractivity contribution in [1.82, 2.24) is 5.32 Å². The second-order valence-corrected chi connectivity index (χ2v) is 6.03. The molecule has 4 nitrogen and oxygen atoms in total. The van der Waals surface area contributed by atoms with Crippen LogP contribution in [0.1, 0.15) is 45.0 Å². The Hall–Kier alpha value is -1.84. The topological polar surface area (TPSA) is 55.4 Å². The van der Waals surface area contributed by atoms with Gasteiger partial charge in [-0.2, -0.15) is 0 Å². The Morgan fingerprint density at radius 1 is 1.30 bits per heavy atom. The van der Waals surface area contributed by atoms with Crippen LogP contribution in [0.4, 0.5) is 0 Å². The molecule has 4 heteroatoms. The Bertz CT molecular complexity index is 489. The third-order valence-corrected chi connectivity index (χ3v) is 3.29. The summed E-state index contributed by atoms with van der Waals surface area (Å²) >= 11 is 0. The van der Waals surface area contributed by atoms with E-state index in [0.29, 0.717) is 11.3 Å². The number of carbonyl (C=O) groups is 2. The highest BCUT2D eigenvalue weighted by molar-refractivity contribution is 5.94. The maximum Gasteiger partial charge on any atom is 0.258 e. The summed E-state index contributed by atoms with van der Waals surface area (Å²) in [5.41, 5.74) is 0.579. The first-order chi connectivity index (χ1) is 9.20. The van der Waals surface area contributed by atoms with E-state index < -0.39 is 0 Å². The molecule has 1 unspecified atom stereocenters. The fraction of sp³-hybridized carbons (Fsp3) is 0.500. The van der Waals surface area contributed by atoms with Crippen LogP contribution < -0.4 is 10.1 Å². The van der Waals surface area contributed by atoms with Gasteiger partial charge in [0.15, 0.2) is 12.4 Å². The number of hydrogen-bond acceptors (Lipinski definition) is 3. The zero-order valence-electron chi connectivity index (χ0n) is 12.8. The van der Waals surface area contributed by atoms with Crippen LogP contribution in [0.3, 0.4) is 0 Å². The molecule has 0 saturated carbocycles. The molecule has 0 aliphatic carbocycles. The molecule has 1 atom stereocenters. The first-order valence-electron chi connectivity index (χ1n) is 6.73. The van der Waals surface area contributed by atoms with E-state index >= 15 is 0 Å². The number of ketones is 1. The third-order valence-electron chi connectivity index (χ3n) is 3.29. The maximum atomic E-state index is 11.8. The van der Waals surface area contributed by atoms with Gasteiger partial charge in [-0.05, 0) is 31.4 Å². The standard InChI is InChI=1S/C16H23NO3/c1-11(18)13-7-6-8-14(9-13)20-10-15(19)17-12(2)16(3,4)5/h6-9,12H,10H2,1-5H3,(H,17,19). The zero-order valence-corrected chi connectivity index (χ0v) is 12.8. The average Bonchev–Trinajstić information content (AvgIpc) is 2.35. The van der Waals surface area contributed by atoms with Crippen molar-refractivity contribution in [2.45, 2.75) is 40.7 Å². The molecule has 110 valence electrons. The largest absolute Gasteiger partial charge is 0.484 e. The molecule has 1 rings (SSSR count). The van der Waals surface area contributed by atoms with Crippen LogP contribution in [-0.4, -0.2) is 24.3 Å². The summed E-state index contributed by atoms with van der Waals surface area (Å²) in [6.07, 6.45) is 0. The van der Waals surface area contributed by atoms with Crippen LogP contribution in [0.5, 0.6) is 5.75 Å². The average molecular weight is 277 g/mol. The molecule has 1 aromatic carbocycles. The lowest BCUT2D eigenvalue weighted by Gasteiger charge is -2.28. The van der Waals surface area contributed by atoms with Gasteiger partial charge in [0, 0.05) is 11.6 Å². The van der Waals surface area contributed by atoms with Gasteiger partial charge in [-0.15, -0.1) is 0 Å². The minimum atomic E-state index is -0.166. The predicted molar refractivity (Wildman–Crippen MR) is 79.0 cm³/mol. The van der Waals surface area contributed by atoms with Crippen LogP contribution in [0.15, 0.2) is 24.3 Å². The highest BCUT2D eigenvalue weighted by Gasteiger charge is 2.21. The molecule has 0 aromatic heterocycles. The zero-order chi connectivity index (χ0) is 15.3. The summed E-state index contributed by atoms with van der Waals surface area (Å²) in [6.45, 7) is 9.60. The van der Waals surface area contributed by atoms with Crippen molar-refractivity contribution < 1.29 is 14.3 Å². The number of hydrogen-bond donors (Lipinski definition) is 1. The molecule has 0 aliphatic heterocycles. The van der Waals surface area contributed by atoms with E-state index in [1.54, 1.807) is 24.3 Å². The van der Waals surface area contributed by atoms with Gasteiger partial charge < -0.3 is 10.1 Å². The summed E-state index contributed by atoms with van der Waals surface area (Å²) in [5.74, 6) is 0.332. The van der Waals surface area contributed by atoms with Crippen molar-refractivity contribution in [3.8, 4) is 5.75 Å². The fourth-order valence-electron chi connectivity index (χ4n) is 1.45.